The van der Waals surface area contributed by atoms with Gasteiger partial charge in [-0.1, -0.05) is 24.6 Å². The van der Waals surface area contributed by atoms with Gasteiger partial charge in [0.1, 0.15) is 0 Å². The van der Waals surface area contributed by atoms with Crippen molar-refractivity contribution in [1.82, 2.24) is 9.88 Å². The third-order valence-corrected chi connectivity index (χ3v) is 3.41. The van der Waals surface area contributed by atoms with Gasteiger partial charge in [0.25, 0.3) is 0 Å². The molecule has 1 aromatic carbocycles. The molecular formula is C15H21ClN2O. The van der Waals surface area contributed by atoms with Crippen LogP contribution in [0.5, 0.6) is 0 Å². The number of ether oxygens (including phenoxy) is 1. The number of rotatable bonds is 7. The maximum atomic E-state index is 6.11. The van der Waals surface area contributed by atoms with Crippen molar-refractivity contribution >= 4 is 22.5 Å². The molecule has 2 rings (SSSR count). The molecule has 1 N–H and O–H groups in total. The summed E-state index contributed by atoms with van der Waals surface area (Å²) in [6, 6.07) is 6.08. The van der Waals surface area contributed by atoms with Gasteiger partial charge in [-0.2, -0.15) is 0 Å². The Morgan fingerprint density at radius 1 is 1.32 bits per heavy atom. The molecule has 104 valence electrons. The van der Waals surface area contributed by atoms with E-state index in [1.807, 2.05) is 19.1 Å². The van der Waals surface area contributed by atoms with Crippen molar-refractivity contribution < 1.29 is 4.74 Å². The van der Waals surface area contributed by atoms with E-state index in [0.717, 1.165) is 37.9 Å². The second kappa shape index (κ2) is 6.94. The van der Waals surface area contributed by atoms with E-state index in [9.17, 15) is 0 Å². The molecule has 1 aromatic heterocycles. The molecule has 0 radical (unpaired) electrons. The number of hydrogen-bond acceptors (Lipinski definition) is 2. The van der Waals surface area contributed by atoms with E-state index in [1.165, 1.54) is 16.5 Å². The highest BCUT2D eigenvalue weighted by Crippen LogP contribution is 2.24. The van der Waals surface area contributed by atoms with E-state index in [1.54, 1.807) is 0 Å². The molecule has 0 atom stereocenters. The van der Waals surface area contributed by atoms with Gasteiger partial charge in [0.05, 0.1) is 6.61 Å². The molecule has 0 aliphatic carbocycles. The summed E-state index contributed by atoms with van der Waals surface area (Å²) in [4.78, 5) is 0. The third kappa shape index (κ3) is 3.50. The zero-order chi connectivity index (χ0) is 13.7. The number of hydrogen-bond donors (Lipinski definition) is 1. The highest BCUT2D eigenvalue weighted by molar-refractivity contribution is 6.31. The summed E-state index contributed by atoms with van der Waals surface area (Å²) in [6.45, 7) is 8.33. The van der Waals surface area contributed by atoms with Crippen LogP contribution in [0.1, 0.15) is 19.4 Å². The summed E-state index contributed by atoms with van der Waals surface area (Å²) in [5.41, 5.74) is 2.49. The van der Waals surface area contributed by atoms with Crippen molar-refractivity contribution in [3.8, 4) is 0 Å². The first-order valence-electron chi connectivity index (χ1n) is 6.82. The van der Waals surface area contributed by atoms with Gasteiger partial charge in [-0.05, 0) is 31.2 Å². The molecule has 3 nitrogen and oxygen atoms in total. The lowest BCUT2D eigenvalue weighted by atomic mass is 10.2. The molecule has 0 saturated heterocycles. The Bertz CT molecular complexity index is 536. The Hall–Kier alpha value is -1.03. The second-order valence-corrected chi connectivity index (χ2v) is 4.92. The normalized spacial score (nSPS) is 11.3. The fourth-order valence-electron chi connectivity index (χ4n) is 2.23. The van der Waals surface area contributed by atoms with Crippen molar-refractivity contribution in [2.75, 3.05) is 19.8 Å². The smallest absolute Gasteiger partial charge is 0.0645 e. The summed E-state index contributed by atoms with van der Waals surface area (Å²) in [6.07, 6.45) is 2.20. The molecule has 0 spiro atoms. The van der Waals surface area contributed by atoms with E-state index in [0.29, 0.717) is 0 Å². The minimum absolute atomic E-state index is 0.730. The van der Waals surface area contributed by atoms with Gasteiger partial charge in [0.2, 0.25) is 0 Å². The molecule has 2 aromatic rings. The van der Waals surface area contributed by atoms with Crippen molar-refractivity contribution in [2.45, 2.75) is 26.9 Å². The zero-order valence-electron chi connectivity index (χ0n) is 11.6. The highest BCUT2D eigenvalue weighted by Gasteiger charge is 2.08. The minimum Gasteiger partial charge on any atom is -0.380 e. The van der Waals surface area contributed by atoms with Crippen LogP contribution < -0.4 is 5.32 Å². The molecule has 0 fully saturated rings. The number of aromatic nitrogens is 1. The van der Waals surface area contributed by atoms with Crippen LogP contribution in [0.4, 0.5) is 0 Å². The molecule has 19 heavy (non-hydrogen) atoms. The average Bonchev–Trinajstić information content (AvgIpc) is 2.74. The van der Waals surface area contributed by atoms with Crippen LogP contribution in [0.25, 0.3) is 10.9 Å². The van der Waals surface area contributed by atoms with Gasteiger partial charge in [-0.15, -0.1) is 0 Å². The Balaban J connectivity index is 2.30. The molecule has 1 heterocycles. The molecule has 0 bridgehead atoms. The van der Waals surface area contributed by atoms with Crippen LogP contribution in [0.15, 0.2) is 24.4 Å². The van der Waals surface area contributed by atoms with Crippen LogP contribution >= 0.6 is 11.6 Å². The molecule has 0 aliphatic heterocycles. The molecule has 0 unspecified atom stereocenters. The maximum Gasteiger partial charge on any atom is 0.0645 e. The molecular weight excluding hydrogens is 260 g/mol. The Labute approximate surface area is 119 Å². The van der Waals surface area contributed by atoms with Gasteiger partial charge in [-0.3, -0.25) is 0 Å². The quantitative estimate of drug-likeness (QED) is 0.787. The zero-order valence-corrected chi connectivity index (χ0v) is 12.3. The van der Waals surface area contributed by atoms with Gasteiger partial charge in [0, 0.05) is 41.8 Å². The van der Waals surface area contributed by atoms with Crippen LogP contribution in [0.2, 0.25) is 5.02 Å². The number of fused-ring (bicyclic) bond motifs is 1. The Kier molecular flexibility index (Phi) is 5.25. The molecule has 0 saturated carbocycles. The number of nitrogens with zero attached hydrogens (tertiary/aromatic N) is 1. The third-order valence-electron chi connectivity index (χ3n) is 3.17. The number of nitrogens with one attached hydrogen (secondary N) is 1. The van der Waals surface area contributed by atoms with Gasteiger partial charge < -0.3 is 14.6 Å². The summed E-state index contributed by atoms with van der Waals surface area (Å²) in [5.74, 6) is 0. The van der Waals surface area contributed by atoms with E-state index in [4.69, 9.17) is 16.3 Å². The van der Waals surface area contributed by atoms with Crippen LogP contribution in [-0.2, 0) is 17.8 Å². The van der Waals surface area contributed by atoms with Crippen molar-refractivity contribution in [3.05, 3.63) is 35.0 Å². The fourth-order valence-corrected chi connectivity index (χ4v) is 2.40. The lowest BCUT2D eigenvalue weighted by Gasteiger charge is -2.05. The number of halogens is 1. The van der Waals surface area contributed by atoms with Crippen molar-refractivity contribution in [2.24, 2.45) is 0 Å². The van der Waals surface area contributed by atoms with Gasteiger partial charge in [0.15, 0.2) is 0 Å². The van der Waals surface area contributed by atoms with Crippen molar-refractivity contribution in [1.29, 1.82) is 0 Å². The van der Waals surface area contributed by atoms with E-state index >= 15 is 0 Å². The van der Waals surface area contributed by atoms with E-state index in [-0.39, 0.29) is 0 Å². The standard InChI is InChI=1S/C15H21ClN2O/c1-3-17-10-12-11-18(7-8-19-4-2)15-9-13(16)5-6-14(12)15/h5-6,9,11,17H,3-4,7-8,10H2,1-2H3. The average molecular weight is 281 g/mol. The van der Waals surface area contributed by atoms with E-state index < -0.39 is 0 Å². The highest BCUT2D eigenvalue weighted by atomic mass is 35.5. The topological polar surface area (TPSA) is 26.2 Å². The predicted molar refractivity (Wildman–Crippen MR) is 80.8 cm³/mol. The minimum atomic E-state index is 0.730. The fraction of sp³-hybridized carbons (Fsp3) is 0.467. The lowest BCUT2D eigenvalue weighted by molar-refractivity contribution is 0.140. The van der Waals surface area contributed by atoms with Crippen molar-refractivity contribution in [3.63, 3.8) is 0 Å². The van der Waals surface area contributed by atoms with Gasteiger partial charge >= 0.3 is 0 Å². The first-order valence-corrected chi connectivity index (χ1v) is 7.19. The SMILES string of the molecule is CCNCc1cn(CCOCC)c2cc(Cl)ccc12. The second-order valence-electron chi connectivity index (χ2n) is 4.49. The number of benzene rings is 1. The van der Waals surface area contributed by atoms with Crippen LogP contribution in [0, 0.1) is 0 Å². The molecule has 4 heteroatoms. The van der Waals surface area contributed by atoms with Gasteiger partial charge in [-0.25, -0.2) is 0 Å². The lowest BCUT2D eigenvalue weighted by Crippen LogP contribution is -2.11. The first-order chi connectivity index (χ1) is 9.26. The van der Waals surface area contributed by atoms with Crippen LogP contribution in [0.3, 0.4) is 0 Å². The predicted octanol–water partition coefficient (Wildman–Crippen LogP) is 3.44. The Morgan fingerprint density at radius 3 is 2.89 bits per heavy atom. The summed E-state index contributed by atoms with van der Waals surface area (Å²) in [7, 11) is 0. The monoisotopic (exact) mass is 280 g/mol. The Morgan fingerprint density at radius 2 is 2.16 bits per heavy atom. The summed E-state index contributed by atoms with van der Waals surface area (Å²) in [5, 5.41) is 5.42. The molecule has 0 aliphatic rings. The van der Waals surface area contributed by atoms with Crippen LogP contribution in [-0.4, -0.2) is 24.3 Å². The summed E-state index contributed by atoms with van der Waals surface area (Å²) < 4.78 is 7.66. The first kappa shape index (κ1) is 14.4. The largest absolute Gasteiger partial charge is 0.380 e. The van der Waals surface area contributed by atoms with E-state index in [2.05, 4.69) is 29.1 Å². The maximum absolute atomic E-state index is 6.11. The summed E-state index contributed by atoms with van der Waals surface area (Å²) >= 11 is 6.11. The molecule has 0 amide bonds.